The monoisotopic (exact) mass is 410 g/mol. The molecule has 4 rings (SSSR count). The first-order chi connectivity index (χ1) is 14.3. The first-order valence-corrected chi connectivity index (χ1v) is 8.75. The van der Waals surface area contributed by atoms with Crippen molar-refractivity contribution in [2.45, 2.75) is 0 Å². The topological polar surface area (TPSA) is 127 Å². The molecular weight excluding hydrogens is 396 g/mol. The highest BCUT2D eigenvalue weighted by atomic mass is 16.5. The summed E-state index contributed by atoms with van der Waals surface area (Å²) in [6, 6.07) is 5.42. The molecule has 0 aromatic heterocycles. The predicted octanol–water partition coefficient (Wildman–Crippen LogP) is 0.378. The summed E-state index contributed by atoms with van der Waals surface area (Å²) in [5, 5.41) is 0.334. The first kappa shape index (κ1) is 19.2. The number of carbonyl (C=O) groups is 6. The van der Waals surface area contributed by atoms with E-state index in [9.17, 15) is 28.8 Å². The molecule has 0 aliphatic carbocycles. The highest BCUT2D eigenvalue weighted by Gasteiger charge is 2.40. The summed E-state index contributed by atoms with van der Waals surface area (Å²) in [6.07, 6.45) is 0. The molecule has 4 amide bonds. The number of rotatable bonds is 4. The zero-order valence-corrected chi connectivity index (χ0v) is 15.9. The van der Waals surface area contributed by atoms with E-state index in [1.807, 2.05) is 0 Å². The van der Waals surface area contributed by atoms with Crippen molar-refractivity contribution in [2.24, 2.45) is 0 Å². The molecule has 2 heterocycles. The van der Waals surface area contributed by atoms with E-state index < -0.39 is 48.7 Å². The number of benzene rings is 2. The summed E-state index contributed by atoms with van der Waals surface area (Å²) in [5.74, 6) is -4.49. The van der Waals surface area contributed by atoms with Crippen LogP contribution in [0.1, 0.15) is 41.4 Å². The summed E-state index contributed by atoms with van der Waals surface area (Å²) in [5.41, 5.74) is 0.319. The van der Waals surface area contributed by atoms with E-state index in [4.69, 9.17) is 0 Å². The summed E-state index contributed by atoms with van der Waals surface area (Å²) in [4.78, 5) is 76.2. The Kier molecular flexibility index (Phi) is 4.34. The van der Waals surface area contributed by atoms with Crippen molar-refractivity contribution in [3.8, 4) is 0 Å². The van der Waals surface area contributed by atoms with Gasteiger partial charge in [-0.1, -0.05) is 0 Å². The number of carbonyl (C=O) groups excluding carboxylic acids is 6. The van der Waals surface area contributed by atoms with Crippen molar-refractivity contribution < 1.29 is 38.2 Å². The Hall–Kier alpha value is -4.08. The fourth-order valence-corrected chi connectivity index (χ4v) is 3.65. The number of esters is 2. The maximum atomic E-state index is 12.9. The first-order valence-electron chi connectivity index (χ1n) is 8.75. The molecule has 0 spiro atoms. The molecule has 0 N–H and O–H groups in total. The lowest BCUT2D eigenvalue weighted by Gasteiger charge is -2.31. The van der Waals surface area contributed by atoms with Gasteiger partial charge >= 0.3 is 11.9 Å². The summed E-state index contributed by atoms with van der Waals surface area (Å²) in [7, 11) is 2.27. The number of nitrogens with zero attached hydrogens (tertiary/aromatic N) is 2. The molecule has 0 atom stereocenters. The van der Waals surface area contributed by atoms with Crippen molar-refractivity contribution in [3.05, 3.63) is 46.5 Å². The molecule has 0 radical (unpaired) electrons. The standard InChI is InChI=1S/C20H14N2O8/c1-29-13(23)7-21-17(25)9-3-5-11-16-12(6-4-10(15(9)16)18(21)26)20(28)22(19(11)27)8-14(24)30-2/h3-6H,7-8H2,1-2H3. The van der Waals surface area contributed by atoms with E-state index >= 15 is 0 Å². The van der Waals surface area contributed by atoms with Gasteiger partial charge in [0.2, 0.25) is 0 Å². The second kappa shape index (κ2) is 6.76. The number of ether oxygens (including phenoxy) is 2. The molecule has 2 aromatic carbocycles. The summed E-state index contributed by atoms with van der Waals surface area (Å²) < 4.78 is 9.08. The summed E-state index contributed by atoms with van der Waals surface area (Å²) >= 11 is 0. The van der Waals surface area contributed by atoms with Gasteiger partial charge in [-0.25, -0.2) is 0 Å². The van der Waals surface area contributed by atoms with Crippen LogP contribution in [-0.4, -0.2) is 72.7 Å². The van der Waals surface area contributed by atoms with Crippen molar-refractivity contribution in [1.29, 1.82) is 0 Å². The molecule has 0 bridgehead atoms. The number of imide groups is 2. The SMILES string of the molecule is COC(=O)CN1C(=O)c2ccc3c4c(ccc(c24)C1=O)C(=O)N(CC(=O)OC)C3=O. The van der Waals surface area contributed by atoms with Gasteiger partial charge in [0, 0.05) is 33.0 Å². The van der Waals surface area contributed by atoms with Crippen LogP contribution < -0.4 is 0 Å². The fourth-order valence-electron chi connectivity index (χ4n) is 3.65. The van der Waals surface area contributed by atoms with Gasteiger partial charge in [0.15, 0.2) is 0 Å². The third-order valence-corrected chi connectivity index (χ3v) is 5.09. The van der Waals surface area contributed by atoms with E-state index in [0.717, 1.165) is 24.0 Å². The van der Waals surface area contributed by atoms with Crippen LogP contribution in [0.25, 0.3) is 10.8 Å². The zero-order chi connectivity index (χ0) is 21.7. The van der Waals surface area contributed by atoms with E-state index in [2.05, 4.69) is 9.47 Å². The normalized spacial score (nSPS) is 15.0. The zero-order valence-electron chi connectivity index (χ0n) is 15.9. The third kappa shape index (κ3) is 2.57. The average Bonchev–Trinajstić information content (AvgIpc) is 2.75. The summed E-state index contributed by atoms with van der Waals surface area (Å²) in [6.45, 7) is -1.13. The predicted molar refractivity (Wildman–Crippen MR) is 98.7 cm³/mol. The lowest BCUT2D eigenvalue weighted by Crippen LogP contribution is -2.46. The van der Waals surface area contributed by atoms with Crippen LogP contribution in [0, 0.1) is 0 Å². The molecule has 10 heteroatoms. The lowest BCUT2D eigenvalue weighted by atomic mass is 9.86. The van der Waals surface area contributed by atoms with Gasteiger partial charge in [-0.2, -0.15) is 0 Å². The molecular formula is C20H14N2O8. The maximum absolute atomic E-state index is 12.9. The average molecular weight is 410 g/mol. The highest BCUT2D eigenvalue weighted by Crippen LogP contribution is 2.37. The molecule has 2 aromatic rings. The van der Waals surface area contributed by atoms with E-state index in [1.165, 1.54) is 24.3 Å². The van der Waals surface area contributed by atoms with Crippen LogP contribution >= 0.6 is 0 Å². The van der Waals surface area contributed by atoms with E-state index in [0.29, 0.717) is 0 Å². The Morgan fingerprint density at radius 2 is 0.900 bits per heavy atom. The minimum Gasteiger partial charge on any atom is -0.468 e. The van der Waals surface area contributed by atoms with Gasteiger partial charge < -0.3 is 9.47 Å². The van der Waals surface area contributed by atoms with Crippen LogP contribution in [0.5, 0.6) is 0 Å². The molecule has 152 valence electrons. The van der Waals surface area contributed by atoms with Gasteiger partial charge in [-0.3, -0.25) is 38.6 Å². The maximum Gasteiger partial charge on any atom is 0.325 e. The minimum absolute atomic E-state index is 0.0797. The van der Waals surface area contributed by atoms with Crippen LogP contribution in [0.3, 0.4) is 0 Å². The number of methoxy groups -OCH3 is 2. The Bertz CT molecular complexity index is 1040. The van der Waals surface area contributed by atoms with Gasteiger partial charge in [0.1, 0.15) is 13.1 Å². The van der Waals surface area contributed by atoms with Crippen LogP contribution in [0.2, 0.25) is 0 Å². The Labute approximate surface area is 168 Å². The van der Waals surface area contributed by atoms with Crippen molar-refractivity contribution in [1.82, 2.24) is 9.80 Å². The van der Waals surface area contributed by atoms with Gasteiger partial charge in [-0.05, 0) is 24.3 Å². The van der Waals surface area contributed by atoms with Gasteiger partial charge in [0.05, 0.1) is 14.2 Å². The van der Waals surface area contributed by atoms with Crippen LogP contribution in [0.4, 0.5) is 0 Å². The van der Waals surface area contributed by atoms with Gasteiger partial charge in [0.25, 0.3) is 23.6 Å². The van der Waals surface area contributed by atoms with Crippen molar-refractivity contribution >= 4 is 46.3 Å². The quantitative estimate of drug-likeness (QED) is 0.523. The second-order valence-electron chi connectivity index (χ2n) is 6.62. The van der Waals surface area contributed by atoms with Gasteiger partial charge in [-0.15, -0.1) is 0 Å². The van der Waals surface area contributed by atoms with Crippen LogP contribution in [0.15, 0.2) is 24.3 Å². The number of hydrogen-bond acceptors (Lipinski definition) is 8. The van der Waals surface area contributed by atoms with Crippen molar-refractivity contribution in [2.75, 3.05) is 27.3 Å². The molecule has 0 saturated heterocycles. The third-order valence-electron chi connectivity index (χ3n) is 5.09. The molecule has 10 nitrogen and oxygen atoms in total. The fraction of sp³-hybridized carbons (Fsp3) is 0.200. The second-order valence-corrected chi connectivity index (χ2v) is 6.62. The number of hydrogen-bond donors (Lipinski definition) is 0. The van der Waals surface area contributed by atoms with Crippen molar-refractivity contribution in [3.63, 3.8) is 0 Å². The molecule has 30 heavy (non-hydrogen) atoms. The highest BCUT2D eigenvalue weighted by molar-refractivity contribution is 6.33. The Morgan fingerprint density at radius 3 is 1.13 bits per heavy atom. The van der Waals surface area contributed by atoms with E-state index in [1.54, 1.807) is 0 Å². The molecule has 2 aliphatic rings. The molecule has 0 fully saturated rings. The Balaban J connectivity index is 1.90. The minimum atomic E-state index is -0.769. The smallest absolute Gasteiger partial charge is 0.325 e. The molecule has 0 unspecified atom stereocenters. The molecule has 0 saturated carbocycles. The largest absolute Gasteiger partial charge is 0.468 e. The lowest BCUT2D eigenvalue weighted by molar-refractivity contribution is -0.141. The molecule has 2 aliphatic heterocycles. The Morgan fingerprint density at radius 1 is 0.633 bits per heavy atom. The van der Waals surface area contributed by atoms with E-state index in [-0.39, 0.29) is 33.0 Å². The van der Waals surface area contributed by atoms with Crippen LogP contribution in [-0.2, 0) is 19.1 Å². The number of amides is 4.